The Labute approximate surface area is 121 Å². The number of nitrogens with one attached hydrogen (secondary N) is 1. The van der Waals surface area contributed by atoms with Crippen LogP contribution in [0.25, 0.3) is 0 Å². The topological polar surface area (TPSA) is 58.6 Å². The quantitative estimate of drug-likeness (QED) is 0.805. The molecule has 4 nitrogen and oxygen atoms in total. The normalized spacial score (nSPS) is 12.8. The molecule has 112 valence electrons. The van der Waals surface area contributed by atoms with E-state index in [2.05, 4.69) is 12.2 Å². The van der Waals surface area contributed by atoms with Gasteiger partial charge in [-0.25, -0.2) is 4.79 Å². The molecule has 0 saturated heterocycles. The lowest BCUT2D eigenvalue weighted by Gasteiger charge is -2.29. The summed E-state index contributed by atoms with van der Waals surface area (Å²) in [6, 6.07) is 9.22. The lowest BCUT2D eigenvalue weighted by molar-refractivity contribution is 0.0300. The van der Waals surface area contributed by atoms with Gasteiger partial charge in [0, 0.05) is 0 Å². The SMILES string of the molecule is CCCC[C@H](NC(=O)OCc1ccccc1)C(C)(C)O. The second kappa shape index (κ2) is 7.90. The van der Waals surface area contributed by atoms with Gasteiger partial charge in [-0.05, 0) is 25.8 Å². The van der Waals surface area contributed by atoms with E-state index in [1.807, 2.05) is 30.3 Å². The predicted octanol–water partition coefficient (Wildman–Crippen LogP) is 3.24. The standard InChI is InChI=1S/C16H25NO3/c1-4-5-11-14(16(2,3)19)17-15(18)20-12-13-9-7-6-8-10-13/h6-10,14,19H,4-5,11-12H2,1-3H3,(H,17,18)/t14-/m0/s1. The molecule has 0 spiro atoms. The highest BCUT2D eigenvalue weighted by atomic mass is 16.5. The molecule has 2 N–H and O–H groups in total. The maximum Gasteiger partial charge on any atom is 0.407 e. The van der Waals surface area contributed by atoms with Crippen molar-refractivity contribution in [2.24, 2.45) is 0 Å². The fraction of sp³-hybridized carbons (Fsp3) is 0.562. The van der Waals surface area contributed by atoms with Gasteiger partial charge in [0.15, 0.2) is 0 Å². The van der Waals surface area contributed by atoms with Crippen LogP contribution in [0.4, 0.5) is 4.79 Å². The second-order valence-corrected chi connectivity index (χ2v) is 5.55. The van der Waals surface area contributed by atoms with Crippen LogP contribution in [0.15, 0.2) is 30.3 Å². The third-order valence-electron chi connectivity index (χ3n) is 3.20. The number of alkyl carbamates (subject to hydrolysis) is 1. The summed E-state index contributed by atoms with van der Waals surface area (Å²) in [7, 11) is 0. The number of benzene rings is 1. The van der Waals surface area contributed by atoms with Crippen LogP contribution in [-0.2, 0) is 11.3 Å². The summed E-state index contributed by atoms with van der Waals surface area (Å²) in [6.45, 7) is 5.71. The van der Waals surface area contributed by atoms with E-state index in [4.69, 9.17) is 4.74 Å². The van der Waals surface area contributed by atoms with E-state index < -0.39 is 11.7 Å². The fourth-order valence-electron chi connectivity index (χ4n) is 1.92. The Morgan fingerprint density at radius 1 is 1.35 bits per heavy atom. The van der Waals surface area contributed by atoms with Crippen molar-refractivity contribution in [3.8, 4) is 0 Å². The summed E-state index contributed by atoms with van der Waals surface area (Å²) < 4.78 is 5.17. The summed E-state index contributed by atoms with van der Waals surface area (Å²) in [6.07, 6.45) is 2.22. The van der Waals surface area contributed by atoms with Crippen LogP contribution in [0.5, 0.6) is 0 Å². The third kappa shape index (κ3) is 6.06. The first kappa shape index (κ1) is 16.5. The van der Waals surface area contributed by atoms with Crippen molar-refractivity contribution in [2.75, 3.05) is 0 Å². The predicted molar refractivity (Wildman–Crippen MR) is 79.4 cm³/mol. The van der Waals surface area contributed by atoms with Gasteiger partial charge in [0.2, 0.25) is 0 Å². The molecule has 0 aromatic heterocycles. The molecule has 0 aliphatic rings. The highest BCUT2D eigenvalue weighted by Gasteiger charge is 2.28. The zero-order valence-corrected chi connectivity index (χ0v) is 12.6. The molecule has 1 aromatic rings. The summed E-state index contributed by atoms with van der Waals surface area (Å²) in [5, 5.41) is 12.8. The number of hydrogen-bond acceptors (Lipinski definition) is 3. The van der Waals surface area contributed by atoms with Crippen LogP contribution in [0.1, 0.15) is 45.6 Å². The van der Waals surface area contributed by atoms with E-state index in [1.165, 1.54) is 0 Å². The van der Waals surface area contributed by atoms with Crippen molar-refractivity contribution >= 4 is 6.09 Å². The Morgan fingerprint density at radius 2 is 2.00 bits per heavy atom. The van der Waals surface area contributed by atoms with Crippen molar-refractivity contribution in [3.05, 3.63) is 35.9 Å². The Balaban J connectivity index is 2.45. The maximum atomic E-state index is 11.8. The van der Waals surface area contributed by atoms with Crippen LogP contribution < -0.4 is 5.32 Å². The van der Waals surface area contributed by atoms with Crippen molar-refractivity contribution < 1.29 is 14.6 Å². The molecule has 0 radical (unpaired) electrons. The van der Waals surface area contributed by atoms with Crippen molar-refractivity contribution in [1.29, 1.82) is 0 Å². The van der Waals surface area contributed by atoms with Crippen molar-refractivity contribution in [3.63, 3.8) is 0 Å². The highest BCUT2D eigenvalue weighted by Crippen LogP contribution is 2.15. The van der Waals surface area contributed by atoms with Crippen molar-refractivity contribution in [2.45, 2.75) is 58.3 Å². The van der Waals surface area contributed by atoms with Crippen LogP contribution >= 0.6 is 0 Å². The van der Waals surface area contributed by atoms with Gasteiger partial charge < -0.3 is 15.2 Å². The van der Waals surface area contributed by atoms with Gasteiger partial charge in [-0.2, -0.15) is 0 Å². The molecule has 4 heteroatoms. The molecule has 0 fully saturated rings. The van der Waals surface area contributed by atoms with Crippen LogP contribution in [-0.4, -0.2) is 22.8 Å². The molecular weight excluding hydrogens is 254 g/mol. The molecule has 1 rings (SSSR count). The van der Waals surface area contributed by atoms with E-state index in [-0.39, 0.29) is 12.6 Å². The van der Waals surface area contributed by atoms with Gasteiger partial charge in [0.05, 0.1) is 11.6 Å². The number of rotatable bonds is 7. The molecule has 0 heterocycles. The van der Waals surface area contributed by atoms with Gasteiger partial charge >= 0.3 is 6.09 Å². The maximum absolute atomic E-state index is 11.8. The molecule has 0 aliphatic heterocycles. The number of carbonyl (C=O) groups excluding carboxylic acids is 1. The summed E-state index contributed by atoms with van der Waals surface area (Å²) in [4.78, 5) is 11.8. The number of unbranched alkanes of at least 4 members (excludes halogenated alkanes) is 1. The molecule has 1 amide bonds. The minimum absolute atomic E-state index is 0.235. The lowest BCUT2D eigenvalue weighted by atomic mass is 9.94. The zero-order chi connectivity index (χ0) is 15.0. The van der Waals surface area contributed by atoms with Crippen LogP contribution in [0, 0.1) is 0 Å². The Kier molecular flexibility index (Phi) is 6.52. The largest absolute Gasteiger partial charge is 0.445 e. The molecule has 0 saturated carbocycles. The van der Waals surface area contributed by atoms with Gasteiger partial charge in [0.1, 0.15) is 6.61 Å². The van der Waals surface area contributed by atoms with E-state index in [1.54, 1.807) is 13.8 Å². The summed E-state index contributed by atoms with van der Waals surface area (Å²) >= 11 is 0. The Morgan fingerprint density at radius 3 is 2.55 bits per heavy atom. The summed E-state index contributed by atoms with van der Waals surface area (Å²) in [5.41, 5.74) is -0.0166. The first-order chi connectivity index (χ1) is 9.43. The first-order valence-corrected chi connectivity index (χ1v) is 7.13. The van der Waals surface area contributed by atoms with Gasteiger partial charge in [0.25, 0.3) is 0 Å². The fourth-order valence-corrected chi connectivity index (χ4v) is 1.92. The molecular formula is C16H25NO3. The summed E-state index contributed by atoms with van der Waals surface area (Å²) in [5.74, 6) is 0. The zero-order valence-electron chi connectivity index (χ0n) is 12.6. The first-order valence-electron chi connectivity index (χ1n) is 7.13. The van der Waals surface area contributed by atoms with Gasteiger partial charge in [-0.1, -0.05) is 50.1 Å². The minimum atomic E-state index is -0.957. The smallest absolute Gasteiger partial charge is 0.407 e. The highest BCUT2D eigenvalue weighted by molar-refractivity contribution is 5.67. The number of hydrogen-bond donors (Lipinski definition) is 2. The van der Waals surface area contributed by atoms with Gasteiger partial charge in [-0.3, -0.25) is 0 Å². The van der Waals surface area contributed by atoms with Crippen LogP contribution in [0.2, 0.25) is 0 Å². The minimum Gasteiger partial charge on any atom is -0.445 e. The number of ether oxygens (including phenoxy) is 1. The van der Waals surface area contributed by atoms with E-state index in [9.17, 15) is 9.90 Å². The average Bonchev–Trinajstić information content (AvgIpc) is 2.41. The number of aliphatic hydroxyl groups is 1. The molecule has 1 atom stereocenters. The Bertz CT molecular complexity index is 398. The Hall–Kier alpha value is -1.55. The number of amides is 1. The molecule has 0 unspecified atom stereocenters. The van der Waals surface area contributed by atoms with Crippen molar-refractivity contribution in [1.82, 2.24) is 5.32 Å². The third-order valence-corrected chi connectivity index (χ3v) is 3.20. The average molecular weight is 279 g/mol. The number of carbonyl (C=O) groups is 1. The van der Waals surface area contributed by atoms with Crippen LogP contribution in [0.3, 0.4) is 0 Å². The van der Waals surface area contributed by atoms with E-state index in [0.29, 0.717) is 0 Å². The molecule has 20 heavy (non-hydrogen) atoms. The van der Waals surface area contributed by atoms with E-state index in [0.717, 1.165) is 24.8 Å². The van der Waals surface area contributed by atoms with E-state index >= 15 is 0 Å². The second-order valence-electron chi connectivity index (χ2n) is 5.55. The lowest BCUT2D eigenvalue weighted by Crippen LogP contribution is -2.49. The van der Waals surface area contributed by atoms with Gasteiger partial charge in [-0.15, -0.1) is 0 Å². The molecule has 1 aromatic carbocycles. The molecule has 0 aliphatic carbocycles. The molecule has 0 bridgehead atoms. The monoisotopic (exact) mass is 279 g/mol.